The quantitative estimate of drug-likeness (QED) is 0.429. The van der Waals surface area contributed by atoms with Crippen LogP contribution in [0.1, 0.15) is 27.0 Å². The van der Waals surface area contributed by atoms with Gasteiger partial charge in [-0.15, -0.1) is 0 Å². The number of carbonyl (C=O) groups excluding carboxylic acids is 1. The number of nitrogens with one attached hydrogen (secondary N) is 1. The van der Waals surface area contributed by atoms with Gasteiger partial charge in [0.1, 0.15) is 6.61 Å². The molecule has 0 unspecified atom stereocenters. The Balaban J connectivity index is 1.40. The van der Waals surface area contributed by atoms with Gasteiger partial charge in [0.05, 0.1) is 13.4 Å². The summed E-state index contributed by atoms with van der Waals surface area (Å²) in [7, 11) is 1.57. The molecule has 0 saturated heterocycles. The molecule has 6 heteroatoms. The lowest BCUT2D eigenvalue weighted by Crippen LogP contribution is -2.23. The van der Waals surface area contributed by atoms with Gasteiger partial charge in [0, 0.05) is 31.0 Å². The highest BCUT2D eigenvalue weighted by Gasteiger charge is 2.12. The Kier molecular flexibility index (Phi) is 6.82. The fraction of sp³-hybridized carbons (Fsp3) is 0.154. The van der Waals surface area contributed by atoms with Gasteiger partial charge in [0.2, 0.25) is 0 Å². The normalized spacial score (nSPS) is 10.5. The van der Waals surface area contributed by atoms with E-state index in [9.17, 15) is 4.79 Å². The smallest absolute Gasteiger partial charge is 0.251 e. The molecule has 1 N–H and O–H groups in total. The maximum atomic E-state index is 12.8. The first-order valence-corrected chi connectivity index (χ1v) is 10.4. The van der Waals surface area contributed by atoms with E-state index in [0.29, 0.717) is 36.8 Å². The van der Waals surface area contributed by atoms with Crippen LogP contribution in [0.3, 0.4) is 0 Å². The first kappa shape index (κ1) is 21.2. The minimum absolute atomic E-state index is 0.171. The molecule has 0 fully saturated rings. The summed E-state index contributed by atoms with van der Waals surface area (Å²) < 4.78 is 13.3. The van der Waals surface area contributed by atoms with Gasteiger partial charge in [-0.1, -0.05) is 54.6 Å². The van der Waals surface area contributed by atoms with Crippen molar-refractivity contribution in [2.24, 2.45) is 0 Å². The summed E-state index contributed by atoms with van der Waals surface area (Å²) in [6, 6.07) is 23.2. The molecule has 0 saturated carbocycles. The van der Waals surface area contributed by atoms with Crippen molar-refractivity contribution in [3.8, 4) is 11.5 Å². The van der Waals surface area contributed by atoms with Crippen molar-refractivity contribution >= 4 is 5.91 Å². The maximum Gasteiger partial charge on any atom is 0.251 e. The fourth-order valence-electron chi connectivity index (χ4n) is 3.40. The molecule has 1 heterocycles. The largest absolute Gasteiger partial charge is 0.493 e. The summed E-state index contributed by atoms with van der Waals surface area (Å²) in [5, 5.41) is 3.00. The topological polar surface area (TPSA) is 65.4 Å². The standard InChI is InChI=1S/C26H25N3O3/c1-31-25-15-21(11-12-24(25)32-18-20-7-3-2-4-8-20)26(30)28-16-22-9-5-6-10-23(22)17-29-14-13-27-19-29/h2-15,19H,16-18H2,1H3,(H,28,30). The number of aromatic nitrogens is 2. The van der Waals surface area contributed by atoms with E-state index in [1.54, 1.807) is 37.8 Å². The van der Waals surface area contributed by atoms with Crippen LogP contribution in [-0.2, 0) is 19.7 Å². The van der Waals surface area contributed by atoms with Gasteiger partial charge in [-0.2, -0.15) is 0 Å². The SMILES string of the molecule is COc1cc(C(=O)NCc2ccccc2Cn2ccnc2)ccc1OCc1ccccc1. The summed E-state index contributed by atoms with van der Waals surface area (Å²) in [6.45, 7) is 1.56. The molecule has 0 atom stereocenters. The van der Waals surface area contributed by atoms with E-state index in [4.69, 9.17) is 9.47 Å². The molecule has 1 aromatic heterocycles. The van der Waals surface area contributed by atoms with E-state index in [1.807, 2.05) is 59.3 Å². The minimum atomic E-state index is -0.171. The number of carbonyl (C=O) groups is 1. The zero-order chi connectivity index (χ0) is 22.2. The van der Waals surface area contributed by atoms with Gasteiger partial charge in [0.15, 0.2) is 11.5 Å². The van der Waals surface area contributed by atoms with Gasteiger partial charge >= 0.3 is 0 Å². The summed E-state index contributed by atoms with van der Waals surface area (Å²) in [6.07, 6.45) is 5.46. The van der Waals surface area contributed by atoms with Crippen molar-refractivity contribution in [2.75, 3.05) is 7.11 Å². The van der Waals surface area contributed by atoms with Crippen LogP contribution in [0.5, 0.6) is 11.5 Å². The number of methoxy groups -OCH3 is 1. The lowest BCUT2D eigenvalue weighted by Gasteiger charge is -2.14. The van der Waals surface area contributed by atoms with E-state index in [1.165, 1.54) is 0 Å². The highest BCUT2D eigenvalue weighted by atomic mass is 16.5. The molecule has 0 aliphatic rings. The third kappa shape index (κ3) is 5.35. The lowest BCUT2D eigenvalue weighted by molar-refractivity contribution is 0.0950. The summed E-state index contributed by atoms with van der Waals surface area (Å²) in [4.78, 5) is 16.9. The van der Waals surface area contributed by atoms with Gasteiger partial charge in [-0.25, -0.2) is 4.98 Å². The molecule has 1 amide bonds. The Labute approximate surface area is 187 Å². The fourth-order valence-corrected chi connectivity index (χ4v) is 3.40. The molecule has 0 aliphatic carbocycles. The van der Waals surface area contributed by atoms with Crippen LogP contribution in [0.15, 0.2) is 91.5 Å². The Bertz CT molecular complexity index is 1160. The number of rotatable bonds is 9. The van der Waals surface area contributed by atoms with E-state index < -0.39 is 0 Å². The van der Waals surface area contributed by atoms with Crippen molar-refractivity contribution in [3.63, 3.8) is 0 Å². The molecule has 0 radical (unpaired) electrons. The van der Waals surface area contributed by atoms with Crippen molar-refractivity contribution in [1.29, 1.82) is 0 Å². The van der Waals surface area contributed by atoms with E-state index in [2.05, 4.69) is 16.4 Å². The highest BCUT2D eigenvalue weighted by molar-refractivity contribution is 5.94. The van der Waals surface area contributed by atoms with Crippen LogP contribution in [0.25, 0.3) is 0 Å². The maximum absolute atomic E-state index is 12.8. The molecule has 162 valence electrons. The third-order valence-corrected chi connectivity index (χ3v) is 5.13. The second-order valence-electron chi connectivity index (χ2n) is 7.33. The second-order valence-corrected chi connectivity index (χ2v) is 7.33. The number of benzene rings is 3. The molecular formula is C26H25N3O3. The number of hydrogen-bond donors (Lipinski definition) is 1. The first-order valence-electron chi connectivity index (χ1n) is 10.4. The Morgan fingerprint density at radius 2 is 1.75 bits per heavy atom. The number of amides is 1. The van der Waals surface area contributed by atoms with Crippen molar-refractivity contribution in [1.82, 2.24) is 14.9 Å². The molecule has 0 bridgehead atoms. The molecule has 32 heavy (non-hydrogen) atoms. The van der Waals surface area contributed by atoms with Crippen molar-refractivity contribution < 1.29 is 14.3 Å². The summed E-state index contributed by atoms with van der Waals surface area (Å²) in [5.41, 5.74) is 3.77. The van der Waals surface area contributed by atoms with Crippen molar-refractivity contribution in [3.05, 3.63) is 114 Å². The Morgan fingerprint density at radius 1 is 0.969 bits per heavy atom. The predicted molar refractivity (Wildman–Crippen MR) is 123 cm³/mol. The number of hydrogen-bond acceptors (Lipinski definition) is 4. The monoisotopic (exact) mass is 427 g/mol. The second kappa shape index (κ2) is 10.3. The molecular weight excluding hydrogens is 402 g/mol. The molecule has 0 spiro atoms. The minimum Gasteiger partial charge on any atom is -0.493 e. The van der Waals surface area contributed by atoms with E-state index in [-0.39, 0.29) is 5.91 Å². The Morgan fingerprint density at radius 3 is 2.50 bits per heavy atom. The van der Waals surface area contributed by atoms with Gasteiger partial charge in [-0.3, -0.25) is 4.79 Å². The van der Waals surface area contributed by atoms with Crippen LogP contribution in [0, 0.1) is 0 Å². The predicted octanol–water partition coefficient (Wildman–Crippen LogP) is 4.45. The first-order chi connectivity index (χ1) is 15.7. The molecule has 3 aromatic carbocycles. The van der Waals surface area contributed by atoms with E-state index in [0.717, 1.165) is 16.7 Å². The summed E-state index contributed by atoms with van der Waals surface area (Å²) in [5.74, 6) is 0.947. The number of nitrogens with zero attached hydrogens (tertiary/aromatic N) is 2. The molecule has 4 rings (SSSR count). The third-order valence-electron chi connectivity index (χ3n) is 5.13. The van der Waals surface area contributed by atoms with Gasteiger partial charge in [0.25, 0.3) is 5.91 Å². The number of ether oxygens (including phenoxy) is 2. The van der Waals surface area contributed by atoms with Crippen LogP contribution >= 0.6 is 0 Å². The number of imidazole rings is 1. The Hall–Kier alpha value is -4.06. The van der Waals surface area contributed by atoms with Crippen LogP contribution in [0.4, 0.5) is 0 Å². The molecule has 6 nitrogen and oxygen atoms in total. The molecule has 0 aliphatic heterocycles. The van der Waals surface area contributed by atoms with Crippen LogP contribution in [-0.4, -0.2) is 22.6 Å². The van der Waals surface area contributed by atoms with Gasteiger partial charge in [-0.05, 0) is 34.9 Å². The van der Waals surface area contributed by atoms with Crippen LogP contribution < -0.4 is 14.8 Å². The van der Waals surface area contributed by atoms with Crippen LogP contribution in [0.2, 0.25) is 0 Å². The lowest BCUT2D eigenvalue weighted by atomic mass is 10.1. The average Bonchev–Trinajstić information content (AvgIpc) is 3.35. The summed E-state index contributed by atoms with van der Waals surface area (Å²) >= 11 is 0. The average molecular weight is 428 g/mol. The van der Waals surface area contributed by atoms with Gasteiger partial charge < -0.3 is 19.4 Å². The van der Waals surface area contributed by atoms with E-state index >= 15 is 0 Å². The zero-order valence-electron chi connectivity index (χ0n) is 17.9. The highest BCUT2D eigenvalue weighted by Crippen LogP contribution is 2.29. The van der Waals surface area contributed by atoms with Crippen molar-refractivity contribution in [2.45, 2.75) is 19.7 Å². The molecule has 4 aromatic rings. The zero-order valence-corrected chi connectivity index (χ0v) is 17.9.